The molecule has 0 aromatic carbocycles. The van der Waals surface area contributed by atoms with Crippen LogP contribution < -0.4 is 16.0 Å². The largest absolute Gasteiger partial charge is 0.356 e. The molecule has 2 rings (SSSR count). The average molecular weight is 196 g/mol. The Bertz CT molecular complexity index is 247. The number of carbonyl (C=O) groups is 1. The Morgan fingerprint density at radius 3 is 3.07 bits per heavy atom. The molecular formula is C9H16N4O. The van der Waals surface area contributed by atoms with Crippen molar-refractivity contribution in [1.82, 2.24) is 16.0 Å². The Morgan fingerprint density at radius 2 is 2.43 bits per heavy atom. The van der Waals surface area contributed by atoms with Gasteiger partial charge in [-0.2, -0.15) is 0 Å². The second kappa shape index (κ2) is 4.30. The Morgan fingerprint density at radius 1 is 1.57 bits per heavy atom. The zero-order chi connectivity index (χ0) is 9.80. The van der Waals surface area contributed by atoms with Crippen molar-refractivity contribution in [1.29, 1.82) is 0 Å². The molecule has 1 heterocycles. The van der Waals surface area contributed by atoms with Crippen LogP contribution in [0.3, 0.4) is 0 Å². The minimum atomic E-state index is 0.0579. The van der Waals surface area contributed by atoms with E-state index in [9.17, 15) is 4.79 Å². The van der Waals surface area contributed by atoms with Gasteiger partial charge in [0.1, 0.15) is 0 Å². The van der Waals surface area contributed by atoms with Crippen LogP contribution in [-0.2, 0) is 4.79 Å². The van der Waals surface area contributed by atoms with E-state index in [-0.39, 0.29) is 5.91 Å². The second-order valence-electron chi connectivity index (χ2n) is 3.71. The van der Waals surface area contributed by atoms with E-state index in [1.807, 2.05) is 0 Å². The Labute approximate surface area is 83.4 Å². The van der Waals surface area contributed by atoms with Gasteiger partial charge in [-0.1, -0.05) is 0 Å². The first-order valence-corrected chi connectivity index (χ1v) is 5.16. The van der Waals surface area contributed by atoms with Crippen LogP contribution in [0.4, 0.5) is 0 Å². The third-order valence-corrected chi connectivity index (χ3v) is 2.26. The Kier molecular flexibility index (Phi) is 2.86. The summed E-state index contributed by atoms with van der Waals surface area (Å²) in [6.07, 6.45) is 3.33. The van der Waals surface area contributed by atoms with Gasteiger partial charge in [-0.25, -0.2) is 0 Å². The lowest BCUT2D eigenvalue weighted by molar-refractivity contribution is -0.120. The molecule has 0 saturated heterocycles. The second-order valence-corrected chi connectivity index (χ2v) is 3.71. The molecule has 1 aliphatic carbocycles. The van der Waals surface area contributed by atoms with Gasteiger partial charge in [0, 0.05) is 19.1 Å². The molecule has 3 N–H and O–H groups in total. The molecule has 0 unspecified atom stereocenters. The average Bonchev–Trinajstić information content (AvgIpc) is 3.00. The molecule has 0 atom stereocenters. The predicted molar refractivity (Wildman–Crippen MR) is 54.1 cm³/mol. The summed E-state index contributed by atoms with van der Waals surface area (Å²) in [6, 6.07) is 0.436. The smallest absolute Gasteiger partial charge is 0.239 e. The number of hydrogen-bond acceptors (Lipinski definition) is 4. The first-order chi connectivity index (χ1) is 6.84. The van der Waals surface area contributed by atoms with Gasteiger partial charge in [0.25, 0.3) is 0 Å². The molecule has 0 bridgehead atoms. The van der Waals surface area contributed by atoms with Gasteiger partial charge < -0.3 is 16.0 Å². The highest BCUT2D eigenvalue weighted by atomic mass is 16.2. The SMILES string of the molecule is O=C(CNC1=NCCCN1)NC1CC1. The minimum Gasteiger partial charge on any atom is -0.356 e. The number of hydrogen-bond donors (Lipinski definition) is 3. The molecule has 78 valence electrons. The van der Waals surface area contributed by atoms with E-state index in [1.165, 1.54) is 0 Å². The molecule has 1 amide bonds. The van der Waals surface area contributed by atoms with Crippen LogP contribution in [0.2, 0.25) is 0 Å². The van der Waals surface area contributed by atoms with E-state index in [0.717, 1.165) is 38.3 Å². The lowest BCUT2D eigenvalue weighted by atomic mass is 10.4. The predicted octanol–water partition coefficient (Wildman–Crippen LogP) is -0.796. The fraction of sp³-hybridized carbons (Fsp3) is 0.778. The van der Waals surface area contributed by atoms with Crippen molar-refractivity contribution in [3.8, 4) is 0 Å². The third-order valence-electron chi connectivity index (χ3n) is 2.26. The summed E-state index contributed by atoms with van der Waals surface area (Å²) in [5, 5.41) is 8.99. The number of rotatable bonds is 3. The monoisotopic (exact) mass is 196 g/mol. The lowest BCUT2D eigenvalue weighted by Crippen LogP contribution is -2.45. The van der Waals surface area contributed by atoms with Crippen molar-refractivity contribution in [2.24, 2.45) is 4.99 Å². The summed E-state index contributed by atoms with van der Waals surface area (Å²) in [4.78, 5) is 15.5. The van der Waals surface area contributed by atoms with Crippen LogP contribution in [0.15, 0.2) is 4.99 Å². The van der Waals surface area contributed by atoms with Gasteiger partial charge in [-0.15, -0.1) is 0 Å². The van der Waals surface area contributed by atoms with E-state index in [2.05, 4.69) is 20.9 Å². The molecule has 0 aromatic heterocycles. The molecule has 14 heavy (non-hydrogen) atoms. The fourth-order valence-electron chi connectivity index (χ4n) is 1.32. The highest BCUT2D eigenvalue weighted by molar-refractivity contribution is 5.86. The molecule has 1 aliphatic heterocycles. The van der Waals surface area contributed by atoms with Gasteiger partial charge in [-0.3, -0.25) is 9.79 Å². The Balaban J connectivity index is 1.64. The zero-order valence-electron chi connectivity index (χ0n) is 8.18. The van der Waals surface area contributed by atoms with E-state index >= 15 is 0 Å². The first-order valence-electron chi connectivity index (χ1n) is 5.16. The van der Waals surface area contributed by atoms with Crippen LogP contribution in [0.5, 0.6) is 0 Å². The van der Waals surface area contributed by atoms with Gasteiger partial charge >= 0.3 is 0 Å². The van der Waals surface area contributed by atoms with Crippen LogP contribution >= 0.6 is 0 Å². The topological polar surface area (TPSA) is 65.5 Å². The van der Waals surface area contributed by atoms with Crippen molar-refractivity contribution in [3.63, 3.8) is 0 Å². The zero-order valence-corrected chi connectivity index (χ0v) is 8.18. The molecule has 5 heteroatoms. The maximum Gasteiger partial charge on any atom is 0.239 e. The maximum atomic E-state index is 11.3. The Hall–Kier alpha value is -1.26. The van der Waals surface area contributed by atoms with Crippen LogP contribution in [-0.4, -0.2) is 37.5 Å². The van der Waals surface area contributed by atoms with E-state index in [0.29, 0.717) is 12.6 Å². The highest BCUT2D eigenvalue weighted by Gasteiger charge is 2.22. The highest BCUT2D eigenvalue weighted by Crippen LogP contribution is 2.18. The standard InChI is InChI=1S/C9H16N4O/c14-8(13-7-2-3-7)6-12-9-10-4-1-5-11-9/h7H,1-6H2,(H,13,14)(H2,10,11,12). The van der Waals surface area contributed by atoms with Gasteiger partial charge in [0.15, 0.2) is 5.96 Å². The molecule has 0 aromatic rings. The molecule has 0 radical (unpaired) electrons. The van der Waals surface area contributed by atoms with E-state index in [4.69, 9.17) is 0 Å². The number of guanidine groups is 1. The van der Waals surface area contributed by atoms with Gasteiger partial charge in [0.2, 0.25) is 5.91 Å². The van der Waals surface area contributed by atoms with Crippen molar-refractivity contribution >= 4 is 11.9 Å². The van der Waals surface area contributed by atoms with Gasteiger partial charge in [-0.05, 0) is 19.3 Å². The quantitative estimate of drug-likeness (QED) is 0.554. The van der Waals surface area contributed by atoms with Crippen molar-refractivity contribution in [2.45, 2.75) is 25.3 Å². The molecule has 0 spiro atoms. The van der Waals surface area contributed by atoms with Crippen molar-refractivity contribution in [2.75, 3.05) is 19.6 Å². The number of nitrogens with one attached hydrogen (secondary N) is 3. The summed E-state index contributed by atoms with van der Waals surface area (Å²) in [5.41, 5.74) is 0. The minimum absolute atomic E-state index is 0.0579. The van der Waals surface area contributed by atoms with E-state index < -0.39 is 0 Å². The number of nitrogens with zero attached hydrogens (tertiary/aromatic N) is 1. The number of carbonyl (C=O) groups excluding carboxylic acids is 1. The summed E-state index contributed by atoms with van der Waals surface area (Å²) in [5.74, 6) is 0.810. The normalized spacial score (nSPS) is 20.7. The van der Waals surface area contributed by atoms with Gasteiger partial charge in [0.05, 0.1) is 6.54 Å². The third kappa shape index (κ3) is 2.90. The maximum absolute atomic E-state index is 11.3. The summed E-state index contributed by atoms with van der Waals surface area (Å²) >= 11 is 0. The summed E-state index contributed by atoms with van der Waals surface area (Å²) in [6.45, 7) is 2.11. The molecule has 1 saturated carbocycles. The summed E-state index contributed by atoms with van der Waals surface area (Å²) < 4.78 is 0. The molecule has 1 fully saturated rings. The molecule has 2 aliphatic rings. The number of amides is 1. The summed E-state index contributed by atoms with van der Waals surface area (Å²) in [7, 11) is 0. The molecular weight excluding hydrogens is 180 g/mol. The van der Waals surface area contributed by atoms with Crippen LogP contribution in [0, 0.1) is 0 Å². The number of aliphatic imine (C=N–C) groups is 1. The fourth-order valence-corrected chi connectivity index (χ4v) is 1.32. The lowest BCUT2D eigenvalue weighted by Gasteiger charge is -2.15. The van der Waals surface area contributed by atoms with Crippen molar-refractivity contribution in [3.05, 3.63) is 0 Å². The van der Waals surface area contributed by atoms with Crippen molar-refractivity contribution < 1.29 is 4.79 Å². The molecule has 5 nitrogen and oxygen atoms in total. The van der Waals surface area contributed by atoms with E-state index in [1.54, 1.807) is 0 Å². The van der Waals surface area contributed by atoms with Crippen LogP contribution in [0.1, 0.15) is 19.3 Å². The first kappa shape index (κ1) is 9.30. The van der Waals surface area contributed by atoms with Crippen LogP contribution in [0.25, 0.3) is 0 Å².